The van der Waals surface area contributed by atoms with Crippen molar-refractivity contribution in [1.29, 1.82) is 0 Å². The van der Waals surface area contributed by atoms with E-state index < -0.39 is 10.0 Å². The molecule has 1 N–H and O–H groups in total. The maximum atomic E-state index is 12.4. The zero-order valence-electron chi connectivity index (χ0n) is 10.8. The lowest BCUT2D eigenvalue weighted by atomic mass is 10.4. The molecule has 0 spiro atoms. The molecule has 18 heavy (non-hydrogen) atoms. The Kier molecular flexibility index (Phi) is 5.74. The maximum absolute atomic E-state index is 12.4. The quantitative estimate of drug-likeness (QED) is 0.822. The van der Waals surface area contributed by atoms with Gasteiger partial charge in [0.15, 0.2) is 0 Å². The number of nitrogens with zero attached hydrogens (tertiary/aromatic N) is 1. The van der Waals surface area contributed by atoms with E-state index in [0.29, 0.717) is 18.0 Å². The number of methoxy groups -OCH3 is 1. The number of ether oxygens (including phenoxy) is 1. The Morgan fingerprint density at radius 2 is 2.22 bits per heavy atom. The van der Waals surface area contributed by atoms with Gasteiger partial charge >= 0.3 is 0 Å². The highest BCUT2D eigenvalue weighted by molar-refractivity contribution is 7.89. The Morgan fingerprint density at radius 3 is 2.67 bits per heavy atom. The molecular weight excluding hydrogens is 274 g/mol. The lowest BCUT2D eigenvalue weighted by Crippen LogP contribution is -2.40. The van der Waals surface area contributed by atoms with Crippen LogP contribution in [0.3, 0.4) is 0 Å². The van der Waals surface area contributed by atoms with E-state index in [1.807, 2.05) is 6.92 Å². The molecule has 0 aliphatic rings. The van der Waals surface area contributed by atoms with Crippen molar-refractivity contribution in [3.05, 3.63) is 16.3 Å². The van der Waals surface area contributed by atoms with Gasteiger partial charge in [-0.15, -0.1) is 11.3 Å². The molecule has 1 heterocycles. The van der Waals surface area contributed by atoms with Crippen molar-refractivity contribution in [2.24, 2.45) is 0 Å². The molecule has 1 aromatic rings. The van der Waals surface area contributed by atoms with Crippen molar-refractivity contribution < 1.29 is 18.3 Å². The zero-order chi connectivity index (χ0) is 13.8. The second kappa shape index (κ2) is 6.63. The van der Waals surface area contributed by atoms with Crippen molar-refractivity contribution in [3.63, 3.8) is 0 Å². The summed E-state index contributed by atoms with van der Waals surface area (Å²) in [6, 6.07) is 1.30. The summed E-state index contributed by atoms with van der Waals surface area (Å²) in [5.41, 5.74) is 0. The van der Waals surface area contributed by atoms with Crippen LogP contribution < -0.4 is 0 Å². The number of rotatable bonds is 7. The van der Waals surface area contributed by atoms with Crippen molar-refractivity contribution in [2.75, 3.05) is 20.3 Å². The van der Waals surface area contributed by atoms with Gasteiger partial charge in [-0.2, -0.15) is 4.31 Å². The standard InChI is InChI=1S/C11H19NO4S2/c1-4-12(9(2)7-16-3)18(14,15)11-5-10(6-13)17-8-11/h5,8-9,13H,4,6-7H2,1-3H3. The Labute approximate surface area is 112 Å². The van der Waals surface area contributed by atoms with E-state index >= 15 is 0 Å². The van der Waals surface area contributed by atoms with Gasteiger partial charge in [-0.1, -0.05) is 6.92 Å². The number of likely N-dealkylation sites (N-methyl/N-ethyl adjacent to an activating group) is 1. The molecule has 0 aromatic carbocycles. The fourth-order valence-corrected chi connectivity index (χ4v) is 4.50. The van der Waals surface area contributed by atoms with Gasteiger partial charge in [-0.25, -0.2) is 8.42 Å². The number of hydrogen-bond acceptors (Lipinski definition) is 5. The first kappa shape index (κ1) is 15.6. The summed E-state index contributed by atoms with van der Waals surface area (Å²) in [5.74, 6) is 0. The molecular formula is C11H19NO4S2. The summed E-state index contributed by atoms with van der Waals surface area (Å²) < 4.78 is 31.2. The van der Waals surface area contributed by atoms with Crippen LogP contribution in [0.5, 0.6) is 0 Å². The number of sulfonamides is 1. The average molecular weight is 293 g/mol. The van der Waals surface area contributed by atoms with E-state index in [1.54, 1.807) is 19.4 Å². The highest BCUT2D eigenvalue weighted by Gasteiger charge is 2.28. The monoisotopic (exact) mass is 293 g/mol. The molecule has 0 amide bonds. The van der Waals surface area contributed by atoms with Crippen molar-refractivity contribution in [3.8, 4) is 0 Å². The molecule has 0 fully saturated rings. The summed E-state index contributed by atoms with van der Waals surface area (Å²) in [6.45, 7) is 4.20. The van der Waals surface area contributed by atoms with Crippen molar-refractivity contribution in [1.82, 2.24) is 4.31 Å². The molecule has 0 aliphatic heterocycles. The largest absolute Gasteiger partial charge is 0.391 e. The van der Waals surface area contributed by atoms with Gasteiger partial charge in [0, 0.05) is 30.0 Å². The van der Waals surface area contributed by atoms with Crippen LogP contribution in [0.15, 0.2) is 16.3 Å². The molecule has 104 valence electrons. The number of thiophene rings is 1. The summed E-state index contributed by atoms with van der Waals surface area (Å²) in [6.07, 6.45) is 0. The molecule has 1 atom stereocenters. The van der Waals surface area contributed by atoms with E-state index in [1.165, 1.54) is 21.7 Å². The van der Waals surface area contributed by atoms with Gasteiger partial charge < -0.3 is 9.84 Å². The van der Waals surface area contributed by atoms with Crippen LogP contribution >= 0.6 is 11.3 Å². The van der Waals surface area contributed by atoms with E-state index in [9.17, 15) is 8.42 Å². The molecule has 1 unspecified atom stereocenters. The molecule has 1 aromatic heterocycles. The van der Waals surface area contributed by atoms with Crippen molar-refractivity contribution in [2.45, 2.75) is 31.4 Å². The Bertz CT molecular complexity index is 469. The first-order valence-electron chi connectivity index (χ1n) is 5.66. The highest BCUT2D eigenvalue weighted by atomic mass is 32.2. The van der Waals surface area contributed by atoms with Gasteiger partial charge in [0.25, 0.3) is 0 Å². The van der Waals surface area contributed by atoms with Gasteiger partial charge in [0.1, 0.15) is 0 Å². The topological polar surface area (TPSA) is 66.8 Å². The first-order chi connectivity index (χ1) is 8.47. The van der Waals surface area contributed by atoms with Crippen LogP contribution in [0.1, 0.15) is 18.7 Å². The van der Waals surface area contributed by atoms with Gasteiger partial charge in [-0.05, 0) is 13.0 Å². The molecule has 5 nitrogen and oxygen atoms in total. The predicted molar refractivity (Wildman–Crippen MR) is 71.1 cm³/mol. The van der Waals surface area contributed by atoms with E-state index in [-0.39, 0.29) is 17.5 Å². The second-order valence-electron chi connectivity index (χ2n) is 3.92. The molecule has 0 radical (unpaired) electrons. The molecule has 0 saturated carbocycles. The highest BCUT2D eigenvalue weighted by Crippen LogP contribution is 2.24. The third kappa shape index (κ3) is 3.30. The third-order valence-electron chi connectivity index (χ3n) is 2.60. The van der Waals surface area contributed by atoms with Gasteiger partial charge in [-0.3, -0.25) is 0 Å². The molecule has 0 saturated heterocycles. The minimum atomic E-state index is -3.51. The molecule has 1 rings (SSSR count). The minimum absolute atomic E-state index is 0.139. The normalized spacial score (nSPS) is 14.1. The molecule has 7 heteroatoms. The molecule has 0 aliphatic carbocycles. The van der Waals surface area contributed by atoms with Crippen LogP contribution in [0.2, 0.25) is 0 Å². The lowest BCUT2D eigenvalue weighted by Gasteiger charge is -2.26. The van der Waals surface area contributed by atoms with E-state index in [2.05, 4.69) is 0 Å². The summed E-state index contributed by atoms with van der Waals surface area (Å²) in [7, 11) is -1.96. The average Bonchev–Trinajstić information content (AvgIpc) is 2.79. The molecule has 0 bridgehead atoms. The summed E-state index contributed by atoms with van der Waals surface area (Å²) in [4.78, 5) is 0.880. The van der Waals surface area contributed by atoms with Crippen LogP contribution in [-0.4, -0.2) is 44.1 Å². The van der Waals surface area contributed by atoms with E-state index in [0.717, 1.165) is 0 Å². The number of hydrogen-bond donors (Lipinski definition) is 1. The third-order valence-corrected chi connectivity index (χ3v) is 5.74. The zero-order valence-corrected chi connectivity index (χ0v) is 12.4. The Hall–Kier alpha value is -0.470. The van der Waals surface area contributed by atoms with Gasteiger partial charge in [0.2, 0.25) is 10.0 Å². The number of aliphatic hydroxyl groups is 1. The lowest BCUT2D eigenvalue weighted by molar-refractivity contribution is 0.142. The Balaban J connectivity index is 3.02. The van der Waals surface area contributed by atoms with Crippen LogP contribution in [0, 0.1) is 0 Å². The fraction of sp³-hybridized carbons (Fsp3) is 0.636. The minimum Gasteiger partial charge on any atom is -0.391 e. The SMILES string of the molecule is CCN(C(C)COC)S(=O)(=O)c1csc(CO)c1. The second-order valence-corrected chi connectivity index (χ2v) is 6.81. The first-order valence-corrected chi connectivity index (χ1v) is 7.98. The van der Waals surface area contributed by atoms with Crippen LogP contribution in [0.25, 0.3) is 0 Å². The summed E-state index contributed by atoms with van der Waals surface area (Å²) >= 11 is 1.24. The smallest absolute Gasteiger partial charge is 0.244 e. The fourth-order valence-electron chi connectivity index (χ4n) is 1.76. The van der Waals surface area contributed by atoms with Gasteiger partial charge in [0.05, 0.1) is 18.1 Å². The van der Waals surface area contributed by atoms with Crippen LogP contribution in [0.4, 0.5) is 0 Å². The predicted octanol–water partition coefficient (Wildman–Crippen LogP) is 1.29. The summed E-state index contributed by atoms with van der Waals surface area (Å²) in [5, 5.41) is 10.5. The van der Waals surface area contributed by atoms with Crippen molar-refractivity contribution >= 4 is 21.4 Å². The number of aliphatic hydroxyl groups excluding tert-OH is 1. The van der Waals surface area contributed by atoms with Crippen LogP contribution in [-0.2, 0) is 21.4 Å². The Morgan fingerprint density at radius 1 is 1.56 bits per heavy atom. The maximum Gasteiger partial charge on any atom is 0.244 e. The van der Waals surface area contributed by atoms with E-state index in [4.69, 9.17) is 9.84 Å².